The molecule has 2 N–H and O–H groups in total. The van der Waals surface area contributed by atoms with E-state index in [1.165, 1.54) is 6.33 Å². The molecular formula is C5H6N4OS. The van der Waals surface area contributed by atoms with Crippen molar-refractivity contribution in [3.8, 4) is 0 Å². The molecule has 0 bridgehead atoms. The lowest BCUT2D eigenvalue weighted by Crippen LogP contribution is -2.38. The third kappa shape index (κ3) is 0.864. The molecule has 0 unspecified atom stereocenters. The Kier molecular flexibility index (Phi) is 1.28. The highest BCUT2D eigenvalue weighted by Gasteiger charge is 2.22. The largest absolute Gasteiger partial charge is 0.339 e. The van der Waals surface area contributed by atoms with Gasteiger partial charge in [-0.15, -0.1) is 0 Å². The minimum absolute atomic E-state index is 0.136. The lowest BCUT2D eigenvalue weighted by molar-refractivity contribution is 0.0946. The number of fused-ring (bicyclic) bond motifs is 1. The van der Waals surface area contributed by atoms with Gasteiger partial charge in [0, 0.05) is 0 Å². The summed E-state index contributed by atoms with van der Waals surface area (Å²) in [6.07, 6.45) is 1.47. The van der Waals surface area contributed by atoms with Crippen molar-refractivity contribution in [2.45, 2.75) is 0 Å². The number of imidazole rings is 1. The molecule has 0 saturated carbocycles. The predicted octanol–water partition coefficient (Wildman–Crippen LogP) is -0.238. The number of carbonyl (C=O) groups excluding carboxylic acids is 1. The van der Waals surface area contributed by atoms with Crippen molar-refractivity contribution in [1.29, 1.82) is 0 Å². The molecule has 0 spiro atoms. The van der Waals surface area contributed by atoms with Crippen LogP contribution in [0.1, 0.15) is 10.5 Å². The lowest BCUT2D eigenvalue weighted by atomic mass is 10.3. The smallest absolute Gasteiger partial charge is 0.273 e. The van der Waals surface area contributed by atoms with Gasteiger partial charge in [0.2, 0.25) is 0 Å². The van der Waals surface area contributed by atoms with Gasteiger partial charge in [-0.1, -0.05) is 12.8 Å². The molecule has 1 aliphatic rings. The zero-order chi connectivity index (χ0) is 7.84. The number of rotatable bonds is 0. The summed E-state index contributed by atoms with van der Waals surface area (Å²) in [5.74, 6) is 0.444. The Morgan fingerprint density at radius 3 is 3.27 bits per heavy atom. The van der Waals surface area contributed by atoms with Gasteiger partial charge < -0.3 is 10.3 Å². The molecular weight excluding hydrogens is 164 g/mol. The number of anilines is 1. The van der Waals surface area contributed by atoms with E-state index in [9.17, 15) is 4.79 Å². The van der Waals surface area contributed by atoms with E-state index in [2.05, 4.69) is 28.1 Å². The lowest BCUT2D eigenvalue weighted by Gasteiger charge is -2.21. The molecule has 1 aromatic heterocycles. The summed E-state index contributed by atoms with van der Waals surface area (Å²) < 4.78 is 1.56. The number of amides is 1. The third-order valence-corrected chi connectivity index (χ3v) is 1.81. The molecule has 2 rings (SSSR count). The predicted molar refractivity (Wildman–Crippen MR) is 42.4 cm³/mol. The number of nitrogens with one attached hydrogen (secondary N) is 2. The minimum Gasteiger partial charge on any atom is -0.339 e. The molecule has 0 aliphatic carbocycles. The summed E-state index contributed by atoms with van der Waals surface area (Å²) in [6, 6.07) is 0. The number of nitrogens with zero attached hydrogens (tertiary/aromatic N) is 2. The number of aromatic amines is 1. The van der Waals surface area contributed by atoms with E-state index >= 15 is 0 Å². The number of thiol groups is 1. The van der Waals surface area contributed by atoms with Crippen molar-refractivity contribution >= 4 is 24.5 Å². The third-order valence-electron chi connectivity index (χ3n) is 1.48. The van der Waals surface area contributed by atoms with Crippen LogP contribution in [0.25, 0.3) is 0 Å². The molecule has 0 fully saturated rings. The summed E-state index contributed by atoms with van der Waals surface area (Å²) in [5.41, 5.74) is 0.464. The zero-order valence-electron chi connectivity index (χ0n) is 5.53. The zero-order valence-corrected chi connectivity index (χ0v) is 6.43. The second-order valence-corrected chi connectivity index (χ2v) is 2.65. The normalized spacial score (nSPS) is 16.1. The summed E-state index contributed by atoms with van der Waals surface area (Å²) in [4.78, 5) is 17.7. The number of carbonyl (C=O) groups is 1. The molecule has 0 aromatic carbocycles. The number of aromatic nitrogens is 2. The van der Waals surface area contributed by atoms with Crippen LogP contribution in [-0.2, 0) is 0 Å². The van der Waals surface area contributed by atoms with E-state index in [0.29, 0.717) is 18.2 Å². The molecule has 1 aliphatic heterocycles. The Bertz CT molecular complexity index is 296. The van der Waals surface area contributed by atoms with Crippen molar-refractivity contribution in [3.63, 3.8) is 0 Å². The van der Waals surface area contributed by atoms with E-state index in [1.807, 2.05) is 0 Å². The first-order valence-electron chi connectivity index (χ1n) is 3.07. The van der Waals surface area contributed by atoms with Crippen LogP contribution in [0.4, 0.5) is 5.82 Å². The first kappa shape index (κ1) is 6.53. The SMILES string of the molecule is O=C1NCN(S)c2nc[nH]c21. The van der Waals surface area contributed by atoms with E-state index in [-0.39, 0.29) is 5.91 Å². The van der Waals surface area contributed by atoms with Crippen LogP contribution < -0.4 is 9.62 Å². The van der Waals surface area contributed by atoms with Crippen LogP contribution in [0.3, 0.4) is 0 Å². The summed E-state index contributed by atoms with van der Waals surface area (Å²) in [5, 5.41) is 2.61. The second-order valence-electron chi connectivity index (χ2n) is 2.16. The summed E-state index contributed by atoms with van der Waals surface area (Å²) in [6.45, 7) is 0.389. The highest BCUT2D eigenvalue weighted by atomic mass is 32.1. The maximum Gasteiger partial charge on any atom is 0.273 e. The maximum absolute atomic E-state index is 11.0. The Morgan fingerprint density at radius 1 is 1.73 bits per heavy atom. The molecule has 6 heteroatoms. The van der Waals surface area contributed by atoms with Crippen molar-refractivity contribution in [3.05, 3.63) is 12.0 Å². The highest BCUT2D eigenvalue weighted by molar-refractivity contribution is 7.81. The van der Waals surface area contributed by atoms with Gasteiger partial charge in [-0.3, -0.25) is 9.10 Å². The number of hydrogen-bond donors (Lipinski definition) is 3. The fourth-order valence-electron chi connectivity index (χ4n) is 0.960. The molecule has 11 heavy (non-hydrogen) atoms. The summed E-state index contributed by atoms with van der Waals surface area (Å²) in [7, 11) is 0. The molecule has 58 valence electrons. The Balaban J connectivity index is 2.51. The number of hydrogen-bond acceptors (Lipinski definition) is 4. The maximum atomic E-state index is 11.0. The molecule has 0 radical (unpaired) electrons. The first-order chi connectivity index (χ1) is 5.29. The van der Waals surface area contributed by atoms with Gasteiger partial charge in [0.25, 0.3) is 5.91 Å². The Morgan fingerprint density at radius 2 is 2.55 bits per heavy atom. The van der Waals surface area contributed by atoms with E-state index < -0.39 is 0 Å². The van der Waals surface area contributed by atoms with Crippen molar-refractivity contribution < 1.29 is 4.79 Å². The van der Waals surface area contributed by atoms with Gasteiger partial charge in [-0.05, 0) is 0 Å². The van der Waals surface area contributed by atoms with Gasteiger partial charge in [-0.2, -0.15) is 0 Å². The Labute approximate surface area is 68.3 Å². The molecule has 5 nitrogen and oxygen atoms in total. The standard InChI is InChI=1S/C5H6N4OS/c10-5-3-4(7-1-6-3)9(11)2-8-5/h1,11H,2H2,(H,6,7)(H,8,10). The number of H-pyrrole nitrogens is 1. The quantitative estimate of drug-likeness (QED) is 0.471. The molecule has 1 amide bonds. The van der Waals surface area contributed by atoms with Gasteiger partial charge >= 0.3 is 0 Å². The van der Waals surface area contributed by atoms with Crippen LogP contribution in [0.2, 0.25) is 0 Å². The minimum atomic E-state index is -0.136. The van der Waals surface area contributed by atoms with Crippen molar-refractivity contribution in [1.82, 2.24) is 15.3 Å². The van der Waals surface area contributed by atoms with E-state index in [0.717, 1.165) is 0 Å². The van der Waals surface area contributed by atoms with Crippen LogP contribution >= 0.6 is 12.8 Å². The monoisotopic (exact) mass is 170 g/mol. The Hall–Kier alpha value is -1.17. The first-order valence-corrected chi connectivity index (χ1v) is 3.47. The highest BCUT2D eigenvalue weighted by Crippen LogP contribution is 2.19. The van der Waals surface area contributed by atoms with Crippen LogP contribution in [0.5, 0.6) is 0 Å². The van der Waals surface area contributed by atoms with Gasteiger partial charge in [0.15, 0.2) is 5.82 Å². The van der Waals surface area contributed by atoms with Crippen LogP contribution in [-0.4, -0.2) is 22.5 Å². The van der Waals surface area contributed by atoms with Gasteiger partial charge in [0.1, 0.15) is 12.4 Å². The van der Waals surface area contributed by atoms with Crippen molar-refractivity contribution in [2.24, 2.45) is 0 Å². The topological polar surface area (TPSA) is 61.0 Å². The average molecular weight is 170 g/mol. The fraction of sp³-hybridized carbons (Fsp3) is 0.200. The molecule has 1 aromatic rings. The van der Waals surface area contributed by atoms with Gasteiger partial charge in [-0.25, -0.2) is 4.98 Å². The average Bonchev–Trinajstić information content (AvgIpc) is 2.45. The van der Waals surface area contributed by atoms with Crippen LogP contribution in [0, 0.1) is 0 Å². The molecule has 2 heterocycles. The molecule has 0 atom stereocenters. The van der Waals surface area contributed by atoms with Crippen molar-refractivity contribution in [2.75, 3.05) is 11.0 Å². The van der Waals surface area contributed by atoms with E-state index in [1.54, 1.807) is 4.31 Å². The second kappa shape index (κ2) is 2.16. The molecule has 0 saturated heterocycles. The fourth-order valence-corrected chi connectivity index (χ4v) is 1.18. The summed E-state index contributed by atoms with van der Waals surface area (Å²) >= 11 is 4.08. The van der Waals surface area contributed by atoms with Crippen LogP contribution in [0.15, 0.2) is 6.33 Å². The van der Waals surface area contributed by atoms with Gasteiger partial charge in [0.05, 0.1) is 6.33 Å². The van der Waals surface area contributed by atoms with E-state index in [4.69, 9.17) is 0 Å².